The van der Waals surface area contributed by atoms with E-state index in [4.69, 9.17) is 0 Å². The molecular weight excluding hydrogens is 417 g/mol. The van der Waals surface area contributed by atoms with Gasteiger partial charge in [0.05, 0.1) is 16.7 Å². The Labute approximate surface area is 179 Å². The van der Waals surface area contributed by atoms with Gasteiger partial charge in [0.15, 0.2) is 0 Å². The third-order valence-electron chi connectivity index (χ3n) is 5.15. The van der Waals surface area contributed by atoms with Gasteiger partial charge in [0.2, 0.25) is 0 Å². The Morgan fingerprint density at radius 2 is 1.81 bits per heavy atom. The molecule has 1 unspecified atom stereocenters. The second-order valence-electron chi connectivity index (χ2n) is 7.04. The lowest BCUT2D eigenvalue weighted by molar-refractivity contribution is 0.0944. The molecule has 31 heavy (non-hydrogen) atoms. The molecule has 1 aliphatic heterocycles. The second kappa shape index (κ2) is 8.20. The van der Waals surface area contributed by atoms with Gasteiger partial charge in [0, 0.05) is 17.7 Å². The number of nitriles is 1. The van der Waals surface area contributed by atoms with E-state index in [0.29, 0.717) is 18.7 Å². The van der Waals surface area contributed by atoms with Gasteiger partial charge in [-0.2, -0.15) is 5.26 Å². The fourth-order valence-electron chi connectivity index (χ4n) is 3.59. The van der Waals surface area contributed by atoms with E-state index in [1.54, 1.807) is 18.2 Å². The Kier molecular flexibility index (Phi) is 5.44. The van der Waals surface area contributed by atoms with Gasteiger partial charge in [-0.3, -0.25) is 9.10 Å². The van der Waals surface area contributed by atoms with E-state index in [1.807, 2.05) is 18.2 Å². The molecule has 0 aromatic heterocycles. The van der Waals surface area contributed by atoms with Gasteiger partial charge in [0.25, 0.3) is 15.9 Å². The zero-order chi connectivity index (χ0) is 22.0. The minimum atomic E-state index is -3.87. The number of nitrogens with one attached hydrogen (secondary N) is 1. The summed E-state index contributed by atoms with van der Waals surface area (Å²) >= 11 is 0. The van der Waals surface area contributed by atoms with Crippen LogP contribution in [-0.2, 0) is 16.4 Å². The average molecular weight is 435 g/mol. The fourth-order valence-corrected chi connectivity index (χ4v) is 5.14. The molecule has 4 rings (SSSR count). The van der Waals surface area contributed by atoms with E-state index in [2.05, 4.69) is 5.32 Å². The van der Waals surface area contributed by atoms with Gasteiger partial charge in [-0.1, -0.05) is 42.5 Å². The molecule has 0 spiro atoms. The molecule has 0 saturated heterocycles. The summed E-state index contributed by atoms with van der Waals surface area (Å²) in [7, 11) is -3.87. The number of anilines is 1. The van der Waals surface area contributed by atoms with Gasteiger partial charge < -0.3 is 5.32 Å². The maximum absolute atomic E-state index is 14.0. The van der Waals surface area contributed by atoms with Gasteiger partial charge in [-0.15, -0.1) is 0 Å². The van der Waals surface area contributed by atoms with Gasteiger partial charge in [-0.05, 0) is 42.3 Å². The van der Waals surface area contributed by atoms with Crippen LogP contribution in [0.15, 0.2) is 77.7 Å². The largest absolute Gasteiger partial charge is 0.332 e. The van der Waals surface area contributed by atoms with Crippen LogP contribution in [0.3, 0.4) is 0 Å². The van der Waals surface area contributed by atoms with Crippen LogP contribution in [-0.4, -0.2) is 20.9 Å². The number of para-hydroxylation sites is 1. The van der Waals surface area contributed by atoms with Crippen LogP contribution in [0.2, 0.25) is 0 Å². The molecule has 0 fully saturated rings. The van der Waals surface area contributed by atoms with Gasteiger partial charge >= 0.3 is 0 Å². The van der Waals surface area contributed by atoms with Gasteiger partial charge in [0.1, 0.15) is 11.9 Å². The van der Waals surface area contributed by atoms with Crippen molar-refractivity contribution in [2.24, 2.45) is 0 Å². The number of sulfonamides is 1. The first-order valence-corrected chi connectivity index (χ1v) is 11.0. The summed E-state index contributed by atoms with van der Waals surface area (Å²) in [6, 6.07) is 19.2. The number of fused-ring (bicyclic) bond motifs is 1. The van der Waals surface area contributed by atoms with E-state index in [0.717, 1.165) is 5.56 Å². The summed E-state index contributed by atoms with van der Waals surface area (Å²) in [6.07, 6.45) is 0.613. The van der Waals surface area contributed by atoms with Crippen LogP contribution in [0.25, 0.3) is 0 Å². The number of carbonyl (C=O) groups is 1. The van der Waals surface area contributed by atoms with Crippen LogP contribution in [0.1, 0.15) is 27.5 Å². The lowest BCUT2D eigenvalue weighted by Crippen LogP contribution is -2.30. The molecule has 3 aromatic rings. The summed E-state index contributed by atoms with van der Waals surface area (Å²) in [4.78, 5) is 12.7. The predicted octanol–water partition coefficient (Wildman–Crippen LogP) is 3.57. The molecule has 0 saturated carbocycles. The molecule has 1 amide bonds. The number of hydrogen-bond donors (Lipinski definition) is 1. The highest BCUT2D eigenvalue weighted by molar-refractivity contribution is 7.92. The summed E-state index contributed by atoms with van der Waals surface area (Å²) < 4.78 is 41.8. The molecule has 0 bridgehead atoms. The molecule has 3 aromatic carbocycles. The van der Waals surface area contributed by atoms with E-state index in [1.165, 1.54) is 46.8 Å². The lowest BCUT2D eigenvalue weighted by Gasteiger charge is -2.20. The molecule has 0 aliphatic carbocycles. The van der Waals surface area contributed by atoms with Crippen LogP contribution in [0.5, 0.6) is 0 Å². The molecular formula is C23H18FN3O3S. The molecule has 0 radical (unpaired) electrons. The minimum Gasteiger partial charge on any atom is -0.332 e. The molecule has 1 atom stereocenters. The highest BCUT2D eigenvalue weighted by atomic mass is 32.2. The normalized spacial score (nSPS) is 13.9. The Morgan fingerprint density at radius 3 is 2.58 bits per heavy atom. The van der Waals surface area contributed by atoms with Crippen molar-refractivity contribution in [3.05, 3.63) is 95.3 Å². The number of hydrogen-bond acceptors (Lipinski definition) is 4. The molecule has 1 aliphatic rings. The Balaban J connectivity index is 1.61. The first-order valence-electron chi connectivity index (χ1n) is 9.57. The van der Waals surface area contributed by atoms with Crippen molar-refractivity contribution in [2.75, 3.05) is 10.8 Å². The quantitative estimate of drug-likeness (QED) is 0.663. The van der Waals surface area contributed by atoms with Crippen molar-refractivity contribution in [2.45, 2.75) is 17.4 Å². The maximum atomic E-state index is 14.0. The lowest BCUT2D eigenvalue weighted by atomic mass is 10.1. The van der Waals surface area contributed by atoms with Crippen molar-refractivity contribution < 1.29 is 17.6 Å². The molecule has 1 heterocycles. The number of rotatable bonds is 5. The van der Waals surface area contributed by atoms with Crippen LogP contribution in [0, 0.1) is 17.1 Å². The molecule has 156 valence electrons. The summed E-state index contributed by atoms with van der Waals surface area (Å²) in [5.74, 6) is -1.29. The number of amides is 1. The standard InChI is InChI=1S/C23H18FN3O3S/c24-20-10-3-2-9-19(20)21(15-25)26-23(28)17-7-5-8-18(14-17)31(29,30)27-13-12-16-6-1-4-11-22(16)27/h1-11,14,21H,12-13H2,(H,26,28). The topological polar surface area (TPSA) is 90.3 Å². The zero-order valence-electron chi connectivity index (χ0n) is 16.3. The van der Waals surface area contributed by atoms with Crippen molar-refractivity contribution in [1.82, 2.24) is 5.32 Å². The Morgan fingerprint density at radius 1 is 1.06 bits per heavy atom. The Bertz CT molecular complexity index is 1300. The third-order valence-corrected chi connectivity index (χ3v) is 6.96. The van der Waals surface area contributed by atoms with Crippen LogP contribution in [0.4, 0.5) is 10.1 Å². The fraction of sp³-hybridized carbons (Fsp3) is 0.130. The SMILES string of the molecule is N#CC(NC(=O)c1cccc(S(=O)(=O)N2CCc3ccccc32)c1)c1ccccc1F. The summed E-state index contributed by atoms with van der Waals surface area (Å²) in [5, 5.41) is 11.8. The first-order chi connectivity index (χ1) is 14.9. The highest BCUT2D eigenvalue weighted by Crippen LogP contribution is 2.32. The van der Waals surface area contributed by atoms with Crippen molar-refractivity contribution in [3.63, 3.8) is 0 Å². The smallest absolute Gasteiger partial charge is 0.264 e. The summed E-state index contributed by atoms with van der Waals surface area (Å²) in [5.41, 5.74) is 1.67. The number of benzene rings is 3. The van der Waals surface area contributed by atoms with Crippen LogP contribution < -0.4 is 9.62 Å². The first kappa shape index (κ1) is 20.6. The van der Waals surface area contributed by atoms with E-state index in [9.17, 15) is 22.9 Å². The molecule has 1 N–H and O–H groups in total. The Hall–Kier alpha value is -3.70. The van der Waals surface area contributed by atoms with Crippen LogP contribution >= 0.6 is 0 Å². The second-order valence-corrected chi connectivity index (χ2v) is 8.90. The van der Waals surface area contributed by atoms with Crippen molar-refractivity contribution in [1.29, 1.82) is 5.26 Å². The number of nitrogens with zero attached hydrogens (tertiary/aromatic N) is 2. The van der Waals surface area contributed by atoms with E-state index in [-0.39, 0.29) is 16.0 Å². The zero-order valence-corrected chi connectivity index (χ0v) is 17.1. The molecule has 6 nitrogen and oxygen atoms in total. The third kappa shape index (κ3) is 3.88. The average Bonchev–Trinajstić information content (AvgIpc) is 3.23. The van der Waals surface area contributed by atoms with Gasteiger partial charge in [-0.25, -0.2) is 12.8 Å². The number of carbonyl (C=O) groups excluding carboxylic acids is 1. The van der Waals surface area contributed by atoms with E-state index < -0.39 is 27.8 Å². The van der Waals surface area contributed by atoms with Crippen molar-refractivity contribution in [3.8, 4) is 6.07 Å². The number of halogens is 1. The maximum Gasteiger partial charge on any atom is 0.264 e. The predicted molar refractivity (Wildman–Crippen MR) is 113 cm³/mol. The molecule has 8 heteroatoms. The highest BCUT2D eigenvalue weighted by Gasteiger charge is 2.31. The van der Waals surface area contributed by atoms with E-state index >= 15 is 0 Å². The monoisotopic (exact) mass is 435 g/mol. The minimum absolute atomic E-state index is 0.0312. The summed E-state index contributed by atoms with van der Waals surface area (Å²) in [6.45, 7) is 0.321. The van der Waals surface area contributed by atoms with Crippen molar-refractivity contribution >= 4 is 21.6 Å².